The Morgan fingerprint density at radius 2 is 1.84 bits per heavy atom. The fourth-order valence-electron chi connectivity index (χ4n) is 1.96. The molecule has 19 heavy (non-hydrogen) atoms. The summed E-state index contributed by atoms with van der Waals surface area (Å²) in [6, 6.07) is 9.97. The summed E-state index contributed by atoms with van der Waals surface area (Å²) in [5, 5.41) is 8.76. The highest BCUT2D eigenvalue weighted by Gasteiger charge is 2.12. The van der Waals surface area contributed by atoms with Crippen LogP contribution in [0.15, 0.2) is 24.3 Å². The summed E-state index contributed by atoms with van der Waals surface area (Å²) in [5.74, 6) is 0.521. The number of benzene rings is 1. The lowest BCUT2D eigenvalue weighted by Crippen LogP contribution is -2.29. The molecule has 3 heteroatoms. The lowest BCUT2D eigenvalue weighted by Gasteiger charge is -2.17. The highest BCUT2D eigenvalue weighted by molar-refractivity contribution is 5.97. The zero-order valence-electron chi connectivity index (χ0n) is 12.2. The summed E-state index contributed by atoms with van der Waals surface area (Å²) in [4.78, 5) is 14.0. The molecule has 3 nitrogen and oxygen atoms in total. The van der Waals surface area contributed by atoms with Crippen LogP contribution in [0.1, 0.15) is 42.6 Å². The molecule has 0 saturated carbocycles. The molecule has 1 aromatic carbocycles. The van der Waals surface area contributed by atoms with Crippen molar-refractivity contribution in [1.82, 2.24) is 4.90 Å². The van der Waals surface area contributed by atoms with Crippen LogP contribution in [-0.2, 0) is 0 Å². The van der Waals surface area contributed by atoms with E-state index >= 15 is 0 Å². The van der Waals surface area contributed by atoms with Crippen molar-refractivity contribution in [3.8, 4) is 6.07 Å². The number of carbonyl (C=O) groups is 1. The molecule has 0 aliphatic heterocycles. The first kappa shape index (κ1) is 15.4. The standard InChI is InChI=1S/C16H22N2O/c1-12(2)14-5-7-15(8-6-14)16(19)11-18(4)10-13(3)9-17/h5-8,12-13H,10-11H2,1-4H3. The van der Waals surface area contributed by atoms with E-state index in [4.69, 9.17) is 5.26 Å². The predicted octanol–water partition coefficient (Wildman–Crippen LogP) is 3.08. The molecular formula is C16H22N2O. The third kappa shape index (κ3) is 4.84. The molecule has 0 aliphatic carbocycles. The van der Waals surface area contributed by atoms with Crippen LogP contribution in [0.5, 0.6) is 0 Å². The summed E-state index contributed by atoms with van der Waals surface area (Å²) in [5.41, 5.74) is 1.98. The van der Waals surface area contributed by atoms with Crippen molar-refractivity contribution >= 4 is 5.78 Å². The van der Waals surface area contributed by atoms with Crippen LogP contribution in [0.2, 0.25) is 0 Å². The number of hydrogen-bond donors (Lipinski definition) is 0. The van der Waals surface area contributed by atoms with E-state index in [1.54, 1.807) is 0 Å². The Morgan fingerprint density at radius 3 is 2.32 bits per heavy atom. The van der Waals surface area contributed by atoms with Crippen molar-refractivity contribution in [2.75, 3.05) is 20.1 Å². The Morgan fingerprint density at radius 1 is 1.26 bits per heavy atom. The maximum Gasteiger partial charge on any atom is 0.176 e. The quantitative estimate of drug-likeness (QED) is 0.736. The first-order valence-electron chi connectivity index (χ1n) is 6.65. The normalized spacial score (nSPS) is 12.5. The van der Waals surface area contributed by atoms with Gasteiger partial charge in [0.1, 0.15) is 0 Å². The van der Waals surface area contributed by atoms with E-state index in [2.05, 4.69) is 19.9 Å². The topological polar surface area (TPSA) is 44.1 Å². The fraction of sp³-hybridized carbons (Fsp3) is 0.500. The zero-order valence-corrected chi connectivity index (χ0v) is 12.2. The van der Waals surface area contributed by atoms with Crippen LogP contribution >= 0.6 is 0 Å². The molecule has 0 radical (unpaired) electrons. The van der Waals surface area contributed by atoms with Gasteiger partial charge in [0.15, 0.2) is 5.78 Å². The van der Waals surface area contributed by atoms with Gasteiger partial charge in [0, 0.05) is 12.1 Å². The first-order valence-corrected chi connectivity index (χ1v) is 6.65. The number of nitriles is 1. The third-order valence-corrected chi connectivity index (χ3v) is 3.12. The highest BCUT2D eigenvalue weighted by Crippen LogP contribution is 2.15. The average molecular weight is 258 g/mol. The number of nitrogens with zero attached hydrogens (tertiary/aromatic N) is 2. The van der Waals surface area contributed by atoms with E-state index in [0.29, 0.717) is 19.0 Å². The lowest BCUT2D eigenvalue weighted by atomic mass is 10.0. The molecule has 0 N–H and O–H groups in total. The summed E-state index contributed by atoms with van der Waals surface area (Å²) < 4.78 is 0. The highest BCUT2D eigenvalue weighted by atomic mass is 16.1. The Balaban J connectivity index is 2.61. The van der Waals surface area contributed by atoms with E-state index in [-0.39, 0.29) is 11.7 Å². The van der Waals surface area contributed by atoms with Crippen LogP contribution in [0.3, 0.4) is 0 Å². The second-order valence-electron chi connectivity index (χ2n) is 5.43. The Bertz CT molecular complexity index is 457. The van der Waals surface area contributed by atoms with Gasteiger partial charge in [0.05, 0.1) is 18.5 Å². The number of rotatable bonds is 6. The largest absolute Gasteiger partial charge is 0.298 e. The fourth-order valence-corrected chi connectivity index (χ4v) is 1.96. The second-order valence-corrected chi connectivity index (χ2v) is 5.43. The molecule has 0 amide bonds. The van der Waals surface area contributed by atoms with Crippen molar-refractivity contribution in [3.63, 3.8) is 0 Å². The Hall–Kier alpha value is -1.66. The minimum absolute atomic E-state index is 0.0545. The van der Waals surface area contributed by atoms with Gasteiger partial charge in [-0.2, -0.15) is 5.26 Å². The van der Waals surface area contributed by atoms with Gasteiger partial charge in [0.25, 0.3) is 0 Å². The molecule has 0 bridgehead atoms. The zero-order chi connectivity index (χ0) is 14.4. The van der Waals surface area contributed by atoms with Gasteiger partial charge >= 0.3 is 0 Å². The first-order chi connectivity index (χ1) is 8.93. The molecule has 0 spiro atoms. The summed E-state index contributed by atoms with van der Waals surface area (Å²) in [6.07, 6.45) is 0. The molecular weight excluding hydrogens is 236 g/mol. The molecule has 1 aromatic rings. The molecule has 1 atom stereocenters. The number of ketones is 1. The smallest absolute Gasteiger partial charge is 0.176 e. The van der Waals surface area contributed by atoms with Crippen LogP contribution in [-0.4, -0.2) is 30.8 Å². The van der Waals surface area contributed by atoms with Crippen LogP contribution in [0, 0.1) is 17.2 Å². The maximum atomic E-state index is 12.1. The van der Waals surface area contributed by atoms with Crippen LogP contribution < -0.4 is 0 Å². The van der Waals surface area contributed by atoms with Gasteiger partial charge < -0.3 is 0 Å². The third-order valence-electron chi connectivity index (χ3n) is 3.12. The molecule has 0 aromatic heterocycles. The van der Waals surface area contributed by atoms with Crippen molar-refractivity contribution in [2.24, 2.45) is 5.92 Å². The Labute approximate surface area is 115 Å². The molecule has 1 rings (SSSR count). The van der Waals surface area contributed by atoms with Gasteiger partial charge in [-0.15, -0.1) is 0 Å². The minimum Gasteiger partial charge on any atom is -0.298 e. The Kier molecular flexibility index (Phi) is 5.72. The monoisotopic (exact) mass is 258 g/mol. The molecule has 0 heterocycles. The second kappa shape index (κ2) is 7.06. The predicted molar refractivity (Wildman–Crippen MR) is 77.1 cm³/mol. The molecule has 0 saturated heterocycles. The van der Waals surface area contributed by atoms with Gasteiger partial charge in [-0.1, -0.05) is 38.1 Å². The lowest BCUT2D eigenvalue weighted by molar-refractivity contribution is 0.0942. The van der Waals surface area contributed by atoms with Crippen LogP contribution in [0.25, 0.3) is 0 Å². The van der Waals surface area contributed by atoms with Crippen molar-refractivity contribution in [1.29, 1.82) is 5.26 Å². The van der Waals surface area contributed by atoms with Crippen molar-refractivity contribution in [2.45, 2.75) is 26.7 Å². The molecule has 0 aliphatic rings. The SMILES string of the molecule is CC(C#N)CN(C)CC(=O)c1ccc(C(C)C)cc1. The molecule has 0 fully saturated rings. The van der Waals surface area contributed by atoms with E-state index in [1.165, 1.54) is 5.56 Å². The summed E-state index contributed by atoms with van der Waals surface area (Å²) in [7, 11) is 1.87. The van der Waals surface area contributed by atoms with Gasteiger partial charge in [-0.3, -0.25) is 9.69 Å². The summed E-state index contributed by atoms with van der Waals surface area (Å²) >= 11 is 0. The number of likely N-dealkylation sites (N-methyl/N-ethyl adjacent to an activating group) is 1. The van der Waals surface area contributed by atoms with E-state index < -0.39 is 0 Å². The van der Waals surface area contributed by atoms with Gasteiger partial charge in [-0.05, 0) is 25.5 Å². The number of Topliss-reactive ketones (excluding diaryl/α,β-unsaturated/α-hetero) is 1. The minimum atomic E-state index is -0.0545. The average Bonchev–Trinajstić information content (AvgIpc) is 2.38. The number of carbonyl (C=O) groups excluding carboxylic acids is 1. The van der Waals surface area contributed by atoms with Gasteiger partial charge in [0.2, 0.25) is 0 Å². The molecule has 102 valence electrons. The van der Waals surface area contributed by atoms with E-state index in [0.717, 1.165) is 5.56 Å². The van der Waals surface area contributed by atoms with Crippen molar-refractivity contribution < 1.29 is 4.79 Å². The summed E-state index contributed by atoms with van der Waals surface area (Å²) in [6.45, 7) is 7.10. The molecule has 1 unspecified atom stereocenters. The van der Waals surface area contributed by atoms with E-state index in [1.807, 2.05) is 43.1 Å². The number of hydrogen-bond acceptors (Lipinski definition) is 3. The van der Waals surface area contributed by atoms with Crippen molar-refractivity contribution in [3.05, 3.63) is 35.4 Å². The van der Waals surface area contributed by atoms with Crippen LogP contribution in [0.4, 0.5) is 0 Å². The van der Waals surface area contributed by atoms with E-state index in [9.17, 15) is 4.79 Å². The van der Waals surface area contributed by atoms with Gasteiger partial charge in [-0.25, -0.2) is 0 Å². The maximum absolute atomic E-state index is 12.1.